The summed E-state index contributed by atoms with van der Waals surface area (Å²) in [6.07, 6.45) is 0.992. The Kier molecular flexibility index (Phi) is 9.99. The van der Waals surface area contributed by atoms with Crippen LogP contribution in [0, 0.1) is 11.8 Å². The average molecular weight is 453 g/mol. The normalized spacial score (nSPS) is 40.7. The minimum atomic E-state index is -1.37. The predicted molar refractivity (Wildman–Crippen MR) is 116 cm³/mol. The second-order valence-corrected chi connectivity index (χ2v) is 10.1. The van der Waals surface area contributed by atoms with Crippen LogP contribution in [0.5, 0.6) is 0 Å². The summed E-state index contributed by atoms with van der Waals surface area (Å²) in [5, 5.41) is 36.5. The summed E-state index contributed by atoms with van der Waals surface area (Å²) < 4.78 is 5.82. The van der Waals surface area contributed by atoms with Crippen molar-refractivity contribution in [1.29, 1.82) is 0 Å². The summed E-state index contributed by atoms with van der Waals surface area (Å²) in [5.41, 5.74) is -0.709. The van der Waals surface area contributed by atoms with E-state index in [1.807, 2.05) is 0 Å². The van der Waals surface area contributed by atoms with Crippen LogP contribution in [0.3, 0.4) is 0 Å². The highest BCUT2D eigenvalue weighted by atomic mass is 35.5. The molecule has 2 fully saturated rings. The molecule has 2 aliphatic rings. The highest BCUT2D eigenvalue weighted by Crippen LogP contribution is 2.31. The standard InChI is InChI=1S/C20H37ClN2O5S/c1-5-6-12-7-8-22-13(9-10(12)2)19(27)23-14(11(3)21)18-16(25)15(24)17(26)20(28-18)29-4/h10-18,20,22,24-26H,5-9H2,1-4H3,(H,23,27). The molecule has 2 rings (SSSR count). The van der Waals surface area contributed by atoms with Gasteiger partial charge in [0.15, 0.2) is 0 Å². The molecular formula is C20H37ClN2O5S. The van der Waals surface area contributed by atoms with Crippen LogP contribution in [0.4, 0.5) is 0 Å². The van der Waals surface area contributed by atoms with Crippen molar-refractivity contribution in [3.05, 3.63) is 0 Å². The van der Waals surface area contributed by atoms with Crippen LogP contribution in [0.25, 0.3) is 0 Å². The van der Waals surface area contributed by atoms with E-state index < -0.39 is 41.3 Å². The maximum absolute atomic E-state index is 13.0. The molecule has 2 heterocycles. The van der Waals surface area contributed by atoms with Crippen molar-refractivity contribution in [2.45, 2.75) is 93.8 Å². The van der Waals surface area contributed by atoms with Gasteiger partial charge < -0.3 is 30.7 Å². The first-order chi connectivity index (χ1) is 13.7. The quantitative estimate of drug-likeness (QED) is 0.367. The van der Waals surface area contributed by atoms with E-state index in [1.165, 1.54) is 11.8 Å². The van der Waals surface area contributed by atoms with E-state index in [0.717, 1.165) is 32.2 Å². The molecule has 1 amide bonds. The minimum Gasteiger partial charge on any atom is -0.388 e. The second kappa shape index (κ2) is 11.5. The van der Waals surface area contributed by atoms with Crippen molar-refractivity contribution in [3.63, 3.8) is 0 Å². The number of halogens is 1. The number of ether oxygens (including phenoxy) is 1. The van der Waals surface area contributed by atoms with Gasteiger partial charge in [0.2, 0.25) is 5.91 Å². The van der Waals surface area contributed by atoms with E-state index in [2.05, 4.69) is 24.5 Å². The molecule has 0 aliphatic carbocycles. The lowest BCUT2D eigenvalue weighted by Crippen LogP contribution is -2.65. The first kappa shape index (κ1) is 25.2. The highest BCUT2D eigenvalue weighted by Gasteiger charge is 2.48. The third-order valence-corrected chi connectivity index (χ3v) is 7.42. The molecule has 9 heteroatoms. The summed E-state index contributed by atoms with van der Waals surface area (Å²) in [6, 6.07) is -1.04. The zero-order valence-corrected chi connectivity index (χ0v) is 19.3. The van der Waals surface area contributed by atoms with Gasteiger partial charge in [-0.05, 0) is 44.4 Å². The molecular weight excluding hydrogens is 416 g/mol. The Morgan fingerprint density at radius 1 is 1.31 bits per heavy atom. The van der Waals surface area contributed by atoms with Crippen LogP contribution in [-0.2, 0) is 9.53 Å². The van der Waals surface area contributed by atoms with Gasteiger partial charge in [0.05, 0.1) is 17.5 Å². The molecule has 0 aromatic heterocycles. The fourth-order valence-corrected chi connectivity index (χ4v) is 5.35. The van der Waals surface area contributed by atoms with Crippen molar-refractivity contribution in [3.8, 4) is 0 Å². The zero-order chi connectivity index (χ0) is 21.7. The van der Waals surface area contributed by atoms with Gasteiger partial charge in [0, 0.05) is 0 Å². The van der Waals surface area contributed by atoms with Gasteiger partial charge in [-0.15, -0.1) is 23.4 Å². The predicted octanol–water partition coefficient (Wildman–Crippen LogP) is 1.07. The van der Waals surface area contributed by atoms with Gasteiger partial charge in [-0.3, -0.25) is 4.79 Å². The van der Waals surface area contributed by atoms with Crippen LogP contribution in [0.15, 0.2) is 0 Å². The van der Waals surface area contributed by atoms with Crippen molar-refractivity contribution in [2.75, 3.05) is 12.8 Å². The number of aliphatic hydroxyl groups excluding tert-OH is 3. The number of alkyl halides is 1. The molecule has 10 unspecified atom stereocenters. The minimum absolute atomic E-state index is 0.177. The first-order valence-electron chi connectivity index (χ1n) is 10.6. The Morgan fingerprint density at radius 2 is 2.00 bits per heavy atom. The van der Waals surface area contributed by atoms with Crippen LogP contribution in [-0.4, -0.2) is 81.3 Å². The topological polar surface area (TPSA) is 111 Å². The van der Waals surface area contributed by atoms with E-state index >= 15 is 0 Å². The lowest BCUT2D eigenvalue weighted by Gasteiger charge is -2.44. The molecule has 2 saturated heterocycles. The number of aliphatic hydroxyl groups is 3. The van der Waals surface area contributed by atoms with Crippen LogP contribution in [0.2, 0.25) is 0 Å². The molecule has 0 aromatic carbocycles. The molecule has 2 aliphatic heterocycles. The largest absolute Gasteiger partial charge is 0.388 e. The highest BCUT2D eigenvalue weighted by molar-refractivity contribution is 7.99. The van der Waals surface area contributed by atoms with Gasteiger partial charge in [0.1, 0.15) is 29.9 Å². The number of carbonyl (C=O) groups is 1. The van der Waals surface area contributed by atoms with E-state index in [9.17, 15) is 20.1 Å². The van der Waals surface area contributed by atoms with Gasteiger partial charge in [-0.1, -0.05) is 26.7 Å². The summed E-state index contributed by atoms with van der Waals surface area (Å²) in [6.45, 7) is 6.89. The number of rotatable bonds is 7. The molecule has 0 spiro atoms. The summed E-state index contributed by atoms with van der Waals surface area (Å²) in [4.78, 5) is 13.0. The fourth-order valence-electron chi connectivity index (χ4n) is 4.46. The first-order valence-corrected chi connectivity index (χ1v) is 12.3. The number of thioether (sulfide) groups is 1. The Morgan fingerprint density at radius 3 is 2.59 bits per heavy atom. The molecule has 5 N–H and O–H groups in total. The van der Waals surface area contributed by atoms with Gasteiger partial charge in [0.25, 0.3) is 0 Å². The monoisotopic (exact) mass is 452 g/mol. The number of hydrogen-bond acceptors (Lipinski definition) is 7. The van der Waals surface area contributed by atoms with Crippen molar-refractivity contribution < 1.29 is 24.9 Å². The molecule has 10 atom stereocenters. The molecule has 7 nitrogen and oxygen atoms in total. The number of hydrogen-bond donors (Lipinski definition) is 5. The van der Waals surface area contributed by atoms with E-state index in [0.29, 0.717) is 11.8 Å². The number of carbonyl (C=O) groups excluding carboxylic acids is 1. The Balaban J connectivity index is 2.08. The smallest absolute Gasteiger partial charge is 0.237 e. The maximum Gasteiger partial charge on any atom is 0.237 e. The summed E-state index contributed by atoms with van der Waals surface area (Å²) in [5.74, 6) is 0.862. The zero-order valence-electron chi connectivity index (χ0n) is 17.8. The SMILES string of the molecule is CCCC1CCNC(C(=O)NC(C(C)Cl)C2OC(SC)C(O)C(O)C2O)CC1C. The summed E-state index contributed by atoms with van der Waals surface area (Å²) in [7, 11) is 0. The lowest BCUT2D eigenvalue weighted by molar-refractivity contribution is -0.205. The molecule has 170 valence electrons. The second-order valence-electron chi connectivity index (χ2n) is 8.45. The third-order valence-electron chi connectivity index (χ3n) is 6.29. The van der Waals surface area contributed by atoms with Crippen LogP contribution in [0.1, 0.15) is 46.5 Å². The average Bonchev–Trinajstić information content (AvgIpc) is 2.87. The Bertz CT molecular complexity index is 527. The molecule has 29 heavy (non-hydrogen) atoms. The number of amides is 1. The van der Waals surface area contributed by atoms with Crippen molar-refractivity contribution in [2.24, 2.45) is 11.8 Å². The Labute approximate surface area is 183 Å². The van der Waals surface area contributed by atoms with Gasteiger partial charge in [-0.25, -0.2) is 0 Å². The van der Waals surface area contributed by atoms with Crippen LogP contribution >= 0.6 is 23.4 Å². The third kappa shape index (κ3) is 6.21. The summed E-state index contributed by atoms with van der Waals surface area (Å²) >= 11 is 7.58. The van der Waals surface area contributed by atoms with Gasteiger partial charge in [-0.2, -0.15) is 0 Å². The van der Waals surface area contributed by atoms with E-state index in [-0.39, 0.29) is 11.9 Å². The Hall–Kier alpha value is -0.0900. The molecule has 0 aromatic rings. The molecule has 0 radical (unpaired) electrons. The lowest BCUT2D eigenvalue weighted by atomic mass is 9.84. The van der Waals surface area contributed by atoms with Crippen LogP contribution < -0.4 is 10.6 Å². The van der Waals surface area contributed by atoms with E-state index in [4.69, 9.17) is 16.3 Å². The maximum atomic E-state index is 13.0. The molecule has 0 saturated carbocycles. The fraction of sp³-hybridized carbons (Fsp3) is 0.950. The molecule has 0 bridgehead atoms. The van der Waals surface area contributed by atoms with E-state index in [1.54, 1.807) is 13.2 Å². The van der Waals surface area contributed by atoms with Gasteiger partial charge >= 0.3 is 0 Å². The van der Waals surface area contributed by atoms with Crippen molar-refractivity contribution in [1.82, 2.24) is 10.6 Å². The number of nitrogens with one attached hydrogen (secondary N) is 2. The van der Waals surface area contributed by atoms with Crippen molar-refractivity contribution >= 4 is 29.3 Å².